The van der Waals surface area contributed by atoms with Gasteiger partial charge in [-0.3, -0.25) is 0 Å². The largest absolute Gasteiger partial charge is 0.315 e. The number of sulfone groups is 1. The molecule has 0 amide bonds. The fourth-order valence-corrected chi connectivity index (χ4v) is 5.66. The van der Waals surface area contributed by atoms with Gasteiger partial charge in [-0.05, 0) is 38.6 Å². The van der Waals surface area contributed by atoms with Gasteiger partial charge in [0.2, 0.25) is 0 Å². The van der Waals surface area contributed by atoms with Gasteiger partial charge in [-0.25, -0.2) is 8.42 Å². The Balaban J connectivity index is 2.12. The first kappa shape index (κ1) is 12.4. The van der Waals surface area contributed by atoms with Gasteiger partial charge in [-0.1, -0.05) is 19.3 Å². The van der Waals surface area contributed by atoms with E-state index in [4.69, 9.17) is 0 Å². The Bertz CT molecular complexity index is 320. The van der Waals surface area contributed by atoms with Crippen molar-refractivity contribution in [1.29, 1.82) is 0 Å². The Kier molecular flexibility index (Phi) is 3.90. The van der Waals surface area contributed by atoms with Crippen LogP contribution >= 0.6 is 0 Å². The molecular weight excluding hydrogens is 222 g/mol. The van der Waals surface area contributed by atoms with Gasteiger partial charge in [0, 0.05) is 6.04 Å². The molecule has 1 N–H and O–H groups in total. The molecule has 2 rings (SSSR count). The molecule has 0 spiro atoms. The Hall–Kier alpha value is -0.0900. The van der Waals surface area contributed by atoms with Crippen LogP contribution in [0.4, 0.5) is 0 Å². The predicted octanol–water partition coefficient (Wildman–Crippen LogP) is 1.73. The highest BCUT2D eigenvalue weighted by atomic mass is 32.2. The van der Waals surface area contributed by atoms with E-state index in [1.165, 1.54) is 25.7 Å². The molecule has 3 nitrogen and oxygen atoms in total. The van der Waals surface area contributed by atoms with Gasteiger partial charge in [0.15, 0.2) is 9.84 Å². The molecule has 1 aliphatic heterocycles. The summed E-state index contributed by atoms with van der Waals surface area (Å²) in [7, 11) is -0.911. The van der Waals surface area contributed by atoms with Crippen LogP contribution in [0.1, 0.15) is 44.9 Å². The van der Waals surface area contributed by atoms with Crippen LogP contribution in [0.25, 0.3) is 0 Å². The third-order valence-electron chi connectivity index (χ3n) is 4.27. The highest BCUT2D eigenvalue weighted by Crippen LogP contribution is 2.33. The van der Waals surface area contributed by atoms with E-state index < -0.39 is 9.84 Å². The van der Waals surface area contributed by atoms with Crippen molar-refractivity contribution in [3.8, 4) is 0 Å². The first-order valence-corrected chi connectivity index (χ1v) is 8.25. The maximum atomic E-state index is 12.1. The quantitative estimate of drug-likeness (QED) is 0.823. The molecule has 1 aliphatic carbocycles. The Morgan fingerprint density at radius 1 is 1.06 bits per heavy atom. The summed E-state index contributed by atoms with van der Waals surface area (Å²) in [5.74, 6) is 0.991. The normalized spacial score (nSPS) is 32.7. The predicted molar refractivity (Wildman–Crippen MR) is 66.2 cm³/mol. The Morgan fingerprint density at radius 3 is 2.25 bits per heavy atom. The number of rotatable bonds is 3. The minimum Gasteiger partial charge on any atom is -0.315 e. The molecule has 1 heterocycles. The van der Waals surface area contributed by atoms with Gasteiger partial charge in [0.05, 0.1) is 11.0 Å². The van der Waals surface area contributed by atoms with Crippen LogP contribution in [0.15, 0.2) is 0 Å². The second-order valence-corrected chi connectivity index (χ2v) is 7.60. The minimum absolute atomic E-state index is 0.116. The van der Waals surface area contributed by atoms with Gasteiger partial charge in [0.25, 0.3) is 0 Å². The maximum absolute atomic E-state index is 12.1. The van der Waals surface area contributed by atoms with E-state index in [-0.39, 0.29) is 11.3 Å². The summed E-state index contributed by atoms with van der Waals surface area (Å²) in [6.45, 7) is 0. The topological polar surface area (TPSA) is 46.2 Å². The first-order chi connectivity index (χ1) is 7.65. The zero-order valence-electron chi connectivity index (χ0n) is 10.1. The van der Waals surface area contributed by atoms with Crippen molar-refractivity contribution < 1.29 is 8.42 Å². The van der Waals surface area contributed by atoms with Gasteiger partial charge in [-0.15, -0.1) is 0 Å². The lowest BCUT2D eigenvalue weighted by Crippen LogP contribution is -2.49. The summed E-state index contributed by atoms with van der Waals surface area (Å²) < 4.78 is 24.2. The zero-order chi connectivity index (χ0) is 11.6. The van der Waals surface area contributed by atoms with E-state index in [1.54, 1.807) is 0 Å². The Labute approximate surface area is 98.9 Å². The van der Waals surface area contributed by atoms with Crippen molar-refractivity contribution in [3.63, 3.8) is 0 Å². The lowest BCUT2D eigenvalue weighted by atomic mass is 9.92. The molecule has 2 aliphatic rings. The summed E-state index contributed by atoms with van der Waals surface area (Å²) in [5, 5.41) is 3.17. The van der Waals surface area contributed by atoms with Crippen molar-refractivity contribution >= 4 is 9.84 Å². The molecule has 2 fully saturated rings. The highest BCUT2D eigenvalue weighted by Gasteiger charge is 2.39. The van der Waals surface area contributed by atoms with Crippen molar-refractivity contribution in [2.75, 3.05) is 12.8 Å². The van der Waals surface area contributed by atoms with Crippen molar-refractivity contribution in [2.24, 2.45) is 5.92 Å². The molecule has 1 saturated heterocycles. The fourth-order valence-electron chi connectivity index (χ4n) is 3.42. The number of hydrogen-bond acceptors (Lipinski definition) is 3. The molecule has 2 unspecified atom stereocenters. The first-order valence-electron chi connectivity index (χ1n) is 6.54. The van der Waals surface area contributed by atoms with Crippen molar-refractivity contribution in [1.82, 2.24) is 5.32 Å². The molecule has 0 radical (unpaired) electrons. The third-order valence-corrected chi connectivity index (χ3v) is 6.58. The minimum atomic E-state index is -2.83. The van der Waals surface area contributed by atoms with Crippen LogP contribution in [-0.2, 0) is 9.84 Å². The van der Waals surface area contributed by atoms with Gasteiger partial charge < -0.3 is 5.32 Å². The lowest BCUT2D eigenvalue weighted by molar-refractivity contribution is 0.343. The molecule has 0 aromatic rings. The standard InChI is InChI=1S/C12H23NO2S/c1-13-12(10-6-2-3-7-10)11-8-4-5-9-16(11,14)15/h10-13H,2-9H2,1H3. The van der Waals surface area contributed by atoms with Crippen LogP contribution in [-0.4, -0.2) is 32.5 Å². The van der Waals surface area contributed by atoms with E-state index in [0.29, 0.717) is 11.7 Å². The van der Waals surface area contributed by atoms with Crippen molar-refractivity contribution in [2.45, 2.75) is 56.2 Å². The van der Waals surface area contributed by atoms with E-state index >= 15 is 0 Å². The molecule has 0 aromatic heterocycles. The third kappa shape index (κ3) is 2.43. The molecule has 0 aromatic carbocycles. The van der Waals surface area contributed by atoms with E-state index in [2.05, 4.69) is 5.32 Å². The molecule has 4 heteroatoms. The zero-order valence-corrected chi connectivity index (χ0v) is 10.9. The lowest BCUT2D eigenvalue weighted by Gasteiger charge is -2.33. The average molecular weight is 245 g/mol. The SMILES string of the molecule is CNC(C1CCCC1)C1CCCCS1(=O)=O. The maximum Gasteiger partial charge on any atom is 0.154 e. The summed E-state index contributed by atoms with van der Waals surface area (Å²) in [5.41, 5.74) is 0. The monoisotopic (exact) mass is 245 g/mol. The fraction of sp³-hybridized carbons (Fsp3) is 1.00. The highest BCUT2D eigenvalue weighted by molar-refractivity contribution is 7.92. The molecule has 1 saturated carbocycles. The van der Waals surface area contributed by atoms with Crippen LogP contribution in [0, 0.1) is 5.92 Å². The smallest absolute Gasteiger partial charge is 0.154 e. The van der Waals surface area contributed by atoms with E-state index in [9.17, 15) is 8.42 Å². The van der Waals surface area contributed by atoms with Crippen LogP contribution in [0.5, 0.6) is 0 Å². The summed E-state index contributed by atoms with van der Waals surface area (Å²) in [6, 6.07) is 0.202. The Morgan fingerprint density at radius 2 is 1.69 bits per heavy atom. The summed E-state index contributed by atoms with van der Waals surface area (Å²) >= 11 is 0. The van der Waals surface area contributed by atoms with Gasteiger partial charge >= 0.3 is 0 Å². The van der Waals surface area contributed by atoms with Crippen LogP contribution in [0.2, 0.25) is 0 Å². The molecule has 0 bridgehead atoms. The second-order valence-electron chi connectivity index (χ2n) is 5.26. The average Bonchev–Trinajstić information content (AvgIpc) is 2.75. The summed E-state index contributed by atoms with van der Waals surface area (Å²) in [4.78, 5) is 0. The van der Waals surface area contributed by atoms with E-state index in [0.717, 1.165) is 19.3 Å². The second kappa shape index (κ2) is 5.05. The number of nitrogens with one attached hydrogen (secondary N) is 1. The molecule has 94 valence electrons. The van der Waals surface area contributed by atoms with Gasteiger partial charge in [0.1, 0.15) is 0 Å². The summed E-state index contributed by atoms with van der Waals surface area (Å²) in [6.07, 6.45) is 7.76. The van der Waals surface area contributed by atoms with Crippen LogP contribution < -0.4 is 5.32 Å². The van der Waals surface area contributed by atoms with E-state index in [1.807, 2.05) is 7.05 Å². The number of hydrogen-bond donors (Lipinski definition) is 1. The molecular formula is C12H23NO2S. The van der Waals surface area contributed by atoms with Gasteiger partial charge in [-0.2, -0.15) is 0 Å². The molecule has 16 heavy (non-hydrogen) atoms. The van der Waals surface area contributed by atoms with Crippen molar-refractivity contribution in [3.05, 3.63) is 0 Å². The van der Waals surface area contributed by atoms with Crippen LogP contribution in [0.3, 0.4) is 0 Å². The molecule has 2 atom stereocenters.